The summed E-state index contributed by atoms with van der Waals surface area (Å²) in [6.45, 7) is 0. The normalized spacial score (nSPS) is 12.1. The SMILES string of the molecule is c1ccc(-c2cc(-c3ccccc3)nc(-n3c4ccccc4c4cc(-c5ccc6c(c5)-c5cc7c(c8cccc(c58)O6)c5ccccc5n7-c5ccccc5)ccc43)n2)cc1. The first-order valence-electron chi connectivity index (χ1n) is 20.7. The minimum Gasteiger partial charge on any atom is -0.456 e. The highest BCUT2D eigenvalue weighted by Crippen LogP contribution is 2.51. The number of hydrogen-bond acceptors (Lipinski definition) is 3. The van der Waals surface area contributed by atoms with Gasteiger partial charge in [0.05, 0.1) is 33.5 Å². The molecule has 0 N–H and O–H groups in total. The molecule has 5 heteroatoms. The van der Waals surface area contributed by atoms with Gasteiger partial charge in [-0.15, -0.1) is 0 Å². The minimum absolute atomic E-state index is 0.635. The third-order valence-electron chi connectivity index (χ3n) is 12.3. The second-order valence-electron chi connectivity index (χ2n) is 15.8. The zero-order valence-corrected chi connectivity index (χ0v) is 32.8. The number of nitrogens with zero attached hydrogens (tertiary/aromatic N) is 4. The van der Waals surface area contributed by atoms with Gasteiger partial charge >= 0.3 is 0 Å². The van der Waals surface area contributed by atoms with Crippen LogP contribution in [0.5, 0.6) is 11.5 Å². The number of rotatable bonds is 5. The summed E-state index contributed by atoms with van der Waals surface area (Å²) in [4.78, 5) is 10.5. The Bertz CT molecular complexity index is 3660. The molecule has 0 amide bonds. The van der Waals surface area contributed by atoms with Crippen molar-refractivity contribution in [1.82, 2.24) is 19.1 Å². The van der Waals surface area contributed by atoms with E-state index < -0.39 is 0 Å². The lowest BCUT2D eigenvalue weighted by Gasteiger charge is -2.23. The van der Waals surface area contributed by atoms with Gasteiger partial charge in [-0.2, -0.15) is 0 Å². The van der Waals surface area contributed by atoms with Crippen molar-refractivity contribution in [3.05, 3.63) is 206 Å². The van der Waals surface area contributed by atoms with Crippen molar-refractivity contribution in [3.8, 4) is 67.9 Å². The Morgan fingerprint density at radius 1 is 0.328 bits per heavy atom. The highest BCUT2D eigenvalue weighted by Gasteiger charge is 2.26. The molecule has 13 rings (SSSR count). The fourth-order valence-electron chi connectivity index (χ4n) is 9.60. The van der Waals surface area contributed by atoms with E-state index in [9.17, 15) is 0 Å². The number of ether oxygens (including phenoxy) is 1. The minimum atomic E-state index is 0.635. The molecule has 5 nitrogen and oxygen atoms in total. The fourth-order valence-corrected chi connectivity index (χ4v) is 9.60. The van der Waals surface area contributed by atoms with Gasteiger partial charge in [0, 0.05) is 49.3 Å². The highest BCUT2D eigenvalue weighted by atomic mass is 16.5. The molecule has 12 aromatic rings. The summed E-state index contributed by atoms with van der Waals surface area (Å²) < 4.78 is 11.3. The van der Waals surface area contributed by atoms with E-state index in [4.69, 9.17) is 14.7 Å². The number of hydrogen-bond donors (Lipinski definition) is 0. The van der Waals surface area contributed by atoms with Crippen LogP contribution in [-0.2, 0) is 0 Å². The summed E-state index contributed by atoms with van der Waals surface area (Å²) in [7, 11) is 0. The lowest BCUT2D eigenvalue weighted by molar-refractivity contribution is 0.487. The summed E-state index contributed by atoms with van der Waals surface area (Å²) in [5, 5.41) is 7.07. The fraction of sp³-hybridized carbons (Fsp3) is 0. The van der Waals surface area contributed by atoms with Gasteiger partial charge in [0.25, 0.3) is 0 Å². The van der Waals surface area contributed by atoms with E-state index in [1.165, 1.54) is 32.8 Å². The number of aromatic nitrogens is 4. The van der Waals surface area contributed by atoms with Gasteiger partial charge in [0.2, 0.25) is 5.95 Å². The molecule has 0 radical (unpaired) electrons. The Morgan fingerprint density at radius 2 is 0.918 bits per heavy atom. The Labute approximate surface area is 351 Å². The summed E-state index contributed by atoms with van der Waals surface area (Å²) in [6.07, 6.45) is 0. The smallest absolute Gasteiger partial charge is 0.235 e. The van der Waals surface area contributed by atoms with Crippen LogP contribution < -0.4 is 4.74 Å². The molecular formula is C56H34N4O. The van der Waals surface area contributed by atoms with Crippen LogP contribution >= 0.6 is 0 Å². The third kappa shape index (κ3) is 5.14. The highest BCUT2D eigenvalue weighted by molar-refractivity contribution is 6.26. The largest absolute Gasteiger partial charge is 0.456 e. The van der Waals surface area contributed by atoms with Gasteiger partial charge in [-0.3, -0.25) is 4.57 Å². The van der Waals surface area contributed by atoms with Gasteiger partial charge in [0.15, 0.2) is 0 Å². The van der Waals surface area contributed by atoms with E-state index in [0.29, 0.717) is 5.95 Å². The van der Waals surface area contributed by atoms with Crippen molar-refractivity contribution in [3.63, 3.8) is 0 Å². The van der Waals surface area contributed by atoms with Crippen molar-refractivity contribution in [2.45, 2.75) is 0 Å². The number of fused-ring (bicyclic) bond motifs is 9. The molecule has 61 heavy (non-hydrogen) atoms. The van der Waals surface area contributed by atoms with Crippen molar-refractivity contribution in [2.24, 2.45) is 0 Å². The second kappa shape index (κ2) is 13.1. The van der Waals surface area contributed by atoms with Crippen LogP contribution in [0.2, 0.25) is 0 Å². The number of para-hydroxylation sites is 3. The van der Waals surface area contributed by atoms with Crippen molar-refractivity contribution >= 4 is 54.4 Å². The molecular weight excluding hydrogens is 745 g/mol. The average molecular weight is 779 g/mol. The van der Waals surface area contributed by atoms with E-state index in [-0.39, 0.29) is 0 Å². The average Bonchev–Trinajstić information content (AvgIpc) is 3.85. The zero-order chi connectivity index (χ0) is 40.0. The third-order valence-corrected chi connectivity index (χ3v) is 12.3. The van der Waals surface area contributed by atoms with E-state index in [2.05, 4.69) is 203 Å². The molecule has 284 valence electrons. The summed E-state index contributed by atoms with van der Waals surface area (Å²) in [6, 6.07) is 73.0. The molecule has 0 saturated carbocycles. The lowest BCUT2D eigenvalue weighted by Crippen LogP contribution is -2.04. The molecule has 3 aromatic heterocycles. The monoisotopic (exact) mass is 778 g/mol. The van der Waals surface area contributed by atoms with E-state index >= 15 is 0 Å². The molecule has 0 fully saturated rings. The van der Waals surface area contributed by atoms with Gasteiger partial charge in [0.1, 0.15) is 11.5 Å². The van der Waals surface area contributed by atoms with Crippen molar-refractivity contribution < 1.29 is 4.74 Å². The Balaban J connectivity index is 1.00. The Kier molecular flexibility index (Phi) is 7.24. The van der Waals surface area contributed by atoms with Crippen LogP contribution in [-0.4, -0.2) is 19.1 Å². The molecule has 0 unspecified atom stereocenters. The molecule has 0 saturated heterocycles. The summed E-state index contributed by atoms with van der Waals surface area (Å²) >= 11 is 0. The standard InChI is InChI=1S/C56H34N4O/c1-4-15-35(16-5-1)46-34-47(36-17-6-2-7-18-36)58-56(57-46)60-48-24-12-10-21-40(48)43-31-37(27-29-50(43)60)38-28-30-52-44(32-38)45-33-51-54(42-23-14-26-53(61-52)55(42)45)41-22-11-13-25-49(41)59(51)39-19-8-3-9-20-39/h1-34H. The summed E-state index contributed by atoms with van der Waals surface area (Å²) in [5.41, 5.74) is 13.9. The van der Waals surface area contributed by atoms with E-state index in [1.54, 1.807) is 0 Å². The van der Waals surface area contributed by atoms with Crippen molar-refractivity contribution in [1.29, 1.82) is 0 Å². The molecule has 1 aliphatic rings. The molecule has 0 aliphatic carbocycles. The molecule has 1 aliphatic heterocycles. The van der Waals surface area contributed by atoms with Crippen LogP contribution in [0.4, 0.5) is 0 Å². The van der Waals surface area contributed by atoms with Crippen LogP contribution in [0.1, 0.15) is 0 Å². The predicted molar refractivity (Wildman–Crippen MR) is 250 cm³/mol. The molecule has 9 aromatic carbocycles. The van der Waals surface area contributed by atoms with Crippen LogP contribution in [0, 0.1) is 0 Å². The Morgan fingerprint density at radius 3 is 1.66 bits per heavy atom. The first-order chi connectivity index (χ1) is 30.2. The maximum atomic E-state index is 6.73. The molecule has 0 spiro atoms. The molecule has 4 heterocycles. The predicted octanol–water partition coefficient (Wildman–Crippen LogP) is 14.6. The topological polar surface area (TPSA) is 44.9 Å². The zero-order valence-electron chi connectivity index (χ0n) is 32.8. The van der Waals surface area contributed by atoms with Gasteiger partial charge < -0.3 is 9.30 Å². The number of benzene rings is 9. The first kappa shape index (κ1) is 33.7. The van der Waals surface area contributed by atoms with Crippen LogP contribution in [0.25, 0.3) is 111 Å². The quantitative estimate of drug-likeness (QED) is 0.175. The first-order valence-corrected chi connectivity index (χ1v) is 20.7. The van der Waals surface area contributed by atoms with Crippen LogP contribution in [0.15, 0.2) is 206 Å². The van der Waals surface area contributed by atoms with Crippen LogP contribution in [0.3, 0.4) is 0 Å². The second-order valence-corrected chi connectivity index (χ2v) is 15.8. The van der Waals surface area contributed by atoms with Gasteiger partial charge in [-0.05, 0) is 88.8 Å². The maximum absolute atomic E-state index is 6.73. The molecule has 0 bridgehead atoms. The lowest BCUT2D eigenvalue weighted by atomic mass is 9.90. The Hall–Kier alpha value is -8.28. The van der Waals surface area contributed by atoms with Gasteiger partial charge in [-0.1, -0.05) is 140 Å². The summed E-state index contributed by atoms with van der Waals surface area (Å²) in [5.74, 6) is 2.37. The van der Waals surface area contributed by atoms with Crippen molar-refractivity contribution in [2.75, 3.05) is 0 Å². The van der Waals surface area contributed by atoms with Gasteiger partial charge in [-0.25, -0.2) is 9.97 Å². The van der Waals surface area contributed by atoms with E-state index in [0.717, 1.165) is 83.6 Å². The van der Waals surface area contributed by atoms with E-state index in [1.807, 2.05) is 12.1 Å². The maximum Gasteiger partial charge on any atom is 0.235 e. The molecule has 0 atom stereocenters.